The highest BCUT2D eigenvalue weighted by Gasteiger charge is 2.52. The standard InChI is InChI=1S/C21H28O3/c1-3-24-19-12-16-13(11-18(19)22)7-8-15-14(16)9-10-21(2)17(15)5-4-6-20(21)23/h11-12,14-15,17,22H,3-10H2,1-2H3/t14-,15+,17-,21-/m0/s1. The van der Waals surface area contributed by atoms with E-state index in [2.05, 4.69) is 13.0 Å². The number of hydrogen-bond donors (Lipinski definition) is 1. The van der Waals surface area contributed by atoms with Gasteiger partial charge in [-0.3, -0.25) is 4.79 Å². The van der Waals surface area contributed by atoms with Gasteiger partial charge in [-0.15, -0.1) is 0 Å². The molecule has 0 radical (unpaired) electrons. The Morgan fingerprint density at radius 1 is 1.25 bits per heavy atom. The predicted molar refractivity (Wildman–Crippen MR) is 93.5 cm³/mol. The zero-order valence-electron chi connectivity index (χ0n) is 14.8. The summed E-state index contributed by atoms with van der Waals surface area (Å²) in [6.45, 7) is 4.74. The first kappa shape index (κ1) is 16.0. The van der Waals surface area contributed by atoms with Crippen molar-refractivity contribution in [2.45, 2.75) is 64.7 Å². The molecule has 3 nitrogen and oxygen atoms in total. The van der Waals surface area contributed by atoms with Crippen LogP contribution in [0.15, 0.2) is 12.1 Å². The average Bonchev–Trinajstić information content (AvgIpc) is 2.56. The van der Waals surface area contributed by atoms with Crippen LogP contribution in [0.25, 0.3) is 0 Å². The van der Waals surface area contributed by atoms with E-state index in [4.69, 9.17) is 4.74 Å². The van der Waals surface area contributed by atoms with Crippen LogP contribution in [0.4, 0.5) is 0 Å². The van der Waals surface area contributed by atoms with Gasteiger partial charge in [-0.2, -0.15) is 0 Å². The Balaban J connectivity index is 1.71. The highest BCUT2D eigenvalue weighted by atomic mass is 16.5. The smallest absolute Gasteiger partial charge is 0.161 e. The first-order valence-corrected chi connectivity index (χ1v) is 9.56. The second-order valence-electron chi connectivity index (χ2n) is 8.14. The maximum atomic E-state index is 12.6. The van der Waals surface area contributed by atoms with Crippen LogP contribution >= 0.6 is 0 Å². The summed E-state index contributed by atoms with van der Waals surface area (Å²) in [5.74, 6) is 3.06. The Bertz CT molecular complexity index is 665. The highest BCUT2D eigenvalue weighted by molar-refractivity contribution is 5.85. The molecule has 0 unspecified atom stereocenters. The van der Waals surface area contributed by atoms with Gasteiger partial charge in [0.2, 0.25) is 0 Å². The molecule has 0 aliphatic heterocycles. The number of aromatic hydroxyl groups is 1. The van der Waals surface area contributed by atoms with E-state index in [9.17, 15) is 9.90 Å². The molecule has 3 aliphatic rings. The molecule has 0 heterocycles. The number of phenols is 1. The molecular weight excluding hydrogens is 300 g/mol. The molecule has 3 heteroatoms. The molecule has 2 saturated carbocycles. The fraction of sp³-hybridized carbons (Fsp3) is 0.667. The molecule has 3 aliphatic carbocycles. The number of fused-ring (bicyclic) bond motifs is 5. The fourth-order valence-electron chi connectivity index (χ4n) is 5.83. The van der Waals surface area contributed by atoms with Crippen LogP contribution in [0.1, 0.15) is 69.4 Å². The number of Topliss-reactive ketones (excluding diaryl/α,β-unsaturated/α-hetero) is 1. The molecule has 0 bridgehead atoms. The van der Waals surface area contributed by atoms with Crippen molar-refractivity contribution in [1.82, 2.24) is 0 Å². The Morgan fingerprint density at radius 2 is 2.08 bits per heavy atom. The van der Waals surface area contributed by atoms with Gasteiger partial charge in [0.25, 0.3) is 0 Å². The normalized spacial score (nSPS) is 34.9. The topological polar surface area (TPSA) is 46.5 Å². The lowest BCUT2D eigenvalue weighted by molar-refractivity contribution is -0.140. The minimum atomic E-state index is -0.0867. The Morgan fingerprint density at radius 3 is 2.88 bits per heavy atom. The summed E-state index contributed by atoms with van der Waals surface area (Å²) in [6, 6.07) is 3.99. The number of carbonyl (C=O) groups is 1. The van der Waals surface area contributed by atoms with Gasteiger partial charge in [0.1, 0.15) is 5.78 Å². The number of ketones is 1. The maximum absolute atomic E-state index is 12.6. The van der Waals surface area contributed by atoms with Gasteiger partial charge < -0.3 is 9.84 Å². The summed E-state index contributed by atoms with van der Waals surface area (Å²) >= 11 is 0. The molecular formula is C21H28O3. The molecule has 4 atom stereocenters. The lowest BCUT2D eigenvalue weighted by Gasteiger charge is -2.53. The summed E-state index contributed by atoms with van der Waals surface area (Å²) in [4.78, 5) is 12.6. The molecule has 1 aromatic rings. The Kier molecular flexibility index (Phi) is 3.85. The van der Waals surface area contributed by atoms with Crippen molar-refractivity contribution in [2.75, 3.05) is 6.61 Å². The van der Waals surface area contributed by atoms with Gasteiger partial charge in [-0.05, 0) is 86.5 Å². The van der Waals surface area contributed by atoms with Crippen LogP contribution in [0.2, 0.25) is 0 Å². The summed E-state index contributed by atoms with van der Waals surface area (Å²) in [5, 5.41) is 10.2. The highest BCUT2D eigenvalue weighted by Crippen LogP contribution is 2.59. The van der Waals surface area contributed by atoms with Gasteiger partial charge in [0.05, 0.1) is 6.61 Å². The third-order valence-electron chi connectivity index (χ3n) is 7.05. The van der Waals surface area contributed by atoms with Crippen LogP contribution in [0, 0.1) is 17.3 Å². The van der Waals surface area contributed by atoms with E-state index in [0.717, 1.165) is 38.5 Å². The van der Waals surface area contributed by atoms with Gasteiger partial charge >= 0.3 is 0 Å². The van der Waals surface area contributed by atoms with Gasteiger partial charge in [-0.1, -0.05) is 6.92 Å². The monoisotopic (exact) mass is 328 g/mol. The minimum Gasteiger partial charge on any atom is -0.504 e. The lowest BCUT2D eigenvalue weighted by Crippen LogP contribution is -2.49. The Labute approximate surface area is 144 Å². The number of carbonyl (C=O) groups excluding carboxylic acids is 1. The van der Waals surface area contributed by atoms with Crippen molar-refractivity contribution in [1.29, 1.82) is 0 Å². The second-order valence-corrected chi connectivity index (χ2v) is 8.14. The maximum Gasteiger partial charge on any atom is 0.161 e. The molecule has 0 aromatic heterocycles. The minimum absolute atomic E-state index is 0.0867. The average molecular weight is 328 g/mol. The summed E-state index contributed by atoms with van der Waals surface area (Å²) in [5.41, 5.74) is 2.56. The van der Waals surface area contributed by atoms with E-state index in [1.807, 2.05) is 13.0 Å². The first-order chi connectivity index (χ1) is 11.5. The molecule has 1 aromatic carbocycles. The summed E-state index contributed by atoms with van der Waals surface area (Å²) in [7, 11) is 0. The van der Waals surface area contributed by atoms with E-state index in [1.165, 1.54) is 17.5 Å². The number of ether oxygens (including phenoxy) is 1. The number of hydrogen-bond acceptors (Lipinski definition) is 3. The third kappa shape index (κ3) is 2.28. The van der Waals surface area contributed by atoms with Crippen LogP contribution in [-0.4, -0.2) is 17.5 Å². The zero-order valence-corrected chi connectivity index (χ0v) is 14.8. The van der Waals surface area contributed by atoms with E-state index < -0.39 is 0 Å². The SMILES string of the molecule is CCOc1cc2c(cc1O)CC[C@@H]1[C@@H]2CC[C@]2(C)C(=O)CCC[C@@H]12. The number of aryl methyl sites for hydroxylation is 1. The van der Waals surface area contributed by atoms with E-state index in [1.54, 1.807) is 0 Å². The lowest BCUT2D eigenvalue weighted by atomic mass is 9.50. The molecule has 4 rings (SSSR count). The first-order valence-electron chi connectivity index (χ1n) is 9.56. The quantitative estimate of drug-likeness (QED) is 0.862. The van der Waals surface area contributed by atoms with Crippen LogP contribution in [0.3, 0.4) is 0 Å². The van der Waals surface area contributed by atoms with Crippen LogP contribution < -0.4 is 4.74 Å². The van der Waals surface area contributed by atoms with Gasteiger partial charge in [-0.25, -0.2) is 0 Å². The summed E-state index contributed by atoms with van der Waals surface area (Å²) < 4.78 is 5.62. The number of rotatable bonds is 2. The fourth-order valence-corrected chi connectivity index (χ4v) is 5.83. The molecule has 130 valence electrons. The number of phenolic OH excluding ortho intramolecular Hbond substituents is 1. The van der Waals surface area contributed by atoms with Crippen molar-refractivity contribution in [2.24, 2.45) is 17.3 Å². The third-order valence-corrected chi connectivity index (χ3v) is 7.05. The van der Waals surface area contributed by atoms with Crippen molar-refractivity contribution < 1.29 is 14.6 Å². The zero-order chi connectivity index (χ0) is 16.9. The van der Waals surface area contributed by atoms with E-state index in [-0.39, 0.29) is 11.2 Å². The van der Waals surface area contributed by atoms with E-state index in [0.29, 0.717) is 35.9 Å². The van der Waals surface area contributed by atoms with Crippen molar-refractivity contribution >= 4 is 5.78 Å². The molecule has 24 heavy (non-hydrogen) atoms. The van der Waals surface area contributed by atoms with Gasteiger partial charge in [0.15, 0.2) is 11.5 Å². The van der Waals surface area contributed by atoms with E-state index >= 15 is 0 Å². The van der Waals surface area contributed by atoms with Crippen molar-refractivity contribution in [3.8, 4) is 11.5 Å². The van der Waals surface area contributed by atoms with Crippen LogP contribution in [-0.2, 0) is 11.2 Å². The summed E-state index contributed by atoms with van der Waals surface area (Å²) in [6.07, 6.45) is 7.32. The Hall–Kier alpha value is -1.51. The molecule has 1 N–H and O–H groups in total. The predicted octanol–water partition coefficient (Wildman–Crippen LogP) is 4.61. The molecule has 2 fully saturated rings. The van der Waals surface area contributed by atoms with Gasteiger partial charge in [0, 0.05) is 11.8 Å². The van der Waals surface area contributed by atoms with Crippen LogP contribution in [0.5, 0.6) is 11.5 Å². The molecule has 0 amide bonds. The van der Waals surface area contributed by atoms with Crippen molar-refractivity contribution in [3.05, 3.63) is 23.3 Å². The van der Waals surface area contributed by atoms with Crippen molar-refractivity contribution in [3.63, 3.8) is 0 Å². The number of benzene rings is 1. The largest absolute Gasteiger partial charge is 0.504 e. The molecule has 0 spiro atoms. The second kappa shape index (κ2) is 5.79. The molecule has 0 saturated heterocycles.